The van der Waals surface area contributed by atoms with Crippen LogP contribution in [0.25, 0.3) is 11.0 Å². The predicted octanol–water partition coefficient (Wildman–Crippen LogP) is 3.84. The van der Waals surface area contributed by atoms with Crippen molar-refractivity contribution in [3.05, 3.63) is 48.3 Å². The van der Waals surface area contributed by atoms with Crippen molar-refractivity contribution < 1.29 is 22.4 Å². The van der Waals surface area contributed by atoms with Crippen LogP contribution in [0, 0.1) is 6.92 Å². The van der Waals surface area contributed by atoms with Crippen LogP contribution in [0.4, 0.5) is 35.1 Å². The Bertz CT molecular complexity index is 1220. The summed E-state index contributed by atoms with van der Waals surface area (Å²) < 4.78 is 54.7. The molecule has 1 aliphatic rings. The SMILES string of the molecule is C=CC(=O)Nc1cc2nc(N3CC[C@@H](F)[C@@H](Nc4ncc(C(F)(F)F)cn4)C3)n(C)c2cc1C. The number of amides is 1. The number of benzene rings is 1. The molecule has 3 aromatic rings. The summed E-state index contributed by atoms with van der Waals surface area (Å²) in [7, 11) is 1.84. The van der Waals surface area contributed by atoms with Crippen molar-refractivity contribution in [1.82, 2.24) is 19.5 Å². The molecule has 2 atom stereocenters. The highest BCUT2D eigenvalue weighted by molar-refractivity contribution is 6.00. The first-order valence-corrected chi connectivity index (χ1v) is 10.5. The van der Waals surface area contributed by atoms with Crippen LogP contribution in [-0.4, -0.2) is 50.7 Å². The maximum atomic E-state index is 14.7. The minimum absolute atomic E-state index is 0.0780. The molecule has 0 bridgehead atoms. The number of fused-ring (bicyclic) bond motifs is 1. The summed E-state index contributed by atoms with van der Waals surface area (Å²) in [6.45, 7) is 5.93. The van der Waals surface area contributed by atoms with Gasteiger partial charge in [0.15, 0.2) is 0 Å². The van der Waals surface area contributed by atoms with Crippen LogP contribution in [-0.2, 0) is 18.0 Å². The number of aromatic nitrogens is 4. The number of rotatable bonds is 5. The molecule has 3 heterocycles. The molecule has 1 amide bonds. The number of piperidine rings is 1. The fourth-order valence-electron chi connectivity index (χ4n) is 3.89. The molecule has 1 fully saturated rings. The van der Waals surface area contributed by atoms with Gasteiger partial charge >= 0.3 is 6.18 Å². The van der Waals surface area contributed by atoms with Gasteiger partial charge in [-0.1, -0.05) is 6.58 Å². The fourth-order valence-corrected chi connectivity index (χ4v) is 3.89. The highest BCUT2D eigenvalue weighted by atomic mass is 19.4. The summed E-state index contributed by atoms with van der Waals surface area (Å²) in [5.41, 5.74) is 1.98. The molecule has 34 heavy (non-hydrogen) atoms. The van der Waals surface area contributed by atoms with Crippen molar-refractivity contribution >= 4 is 34.5 Å². The van der Waals surface area contributed by atoms with Crippen LogP contribution in [0.1, 0.15) is 17.5 Å². The van der Waals surface area contributed by atoms with E-state index >= 15 is 0 Å². The Labute approximate surface area is 192 Å². The maximum absolute atomic E-state index is 14.7. The number of halogens is 4. The highest BCUT2D eigenvalue weighted by Crippen LogP contribution is 2.30. The molecule has 0 saturated carbocycles. The van der Waals surface area contributed by atoms with Crippen LogP contribution < -0.4 is 15.5 Å². The smallest absolute Gasteiger partial charge is 0.347 e. The second kappa shape index (κ2) is 8.92. The zero-order chi connectivity index (χ0) is 24.6. The number of imidazole rings is 1. The largest absolute Gasteiger partial charge is 0.419 e. The van der Waals surface area contributed by atoms with Gasteiger partial charge in [0.2, 0.25) is 17.8 Å². The predicted molar refractivity (Wildman–Crippen MR) is 120 cm³/mol. The molecule has 12 heteroatoms. The van der Waals surface area contributed by atoms with Crippen molar-refractivity contribution in [1.29, 1.82) is 0 Å². The number of carbonyl (C=O) groups excluding carboxylic acids is 1. The van der Waals surface area contributed by atoms with E-state index in [1.54, 1.807) is 6.07 Å². The molecular formula is C22H23F4N7O. The first kappa shape index (κ1) is 23.5. The fraction of sp³-hybridized carbons (Fsp3) is 0.364. The maximum Gasteiger partial charge on any atom is 0.419 e. The molecule has 0 spiro atoms. The average molecular weight is 477 g/mol. The number of hydrogen-bond donors (Lipinski definition) is 2. The Morgan fingerprint density at radius 3 is 2.62 bits per heavy atom. The normalized spacial score (nSPS) is 18.7. The van der Waals surface area contributed by atoms with Gasteiger partial charge in [-0.05, 0) is 37.1 Å². The van der Waals surface area contributed by atoms with E-state index in [2.05, 4.69) is 32.2 Å². The molecule has 4 rings (SSSR count). The molecule has 0 aliphatic carbocycles. The van der Waals surface area contributed by atoms with Crippen LogP contribution >= 0.6 is 0 Å². The second-order valence-electron chi connectivity index (χ2n) is 8.11. The van der Waals surface area contributed by atoms with Crippen molar-refractivity contribution in [2.45, 2.75) is 31.7 Å². The lowest BCUT2D eigenvalue weighted by Gasteiger charge is -2.36. The van der Waals surface area contributed by atoms with Crippen LogP contribution in [0.5, 0.6) is 0 Å². The van der Waals surface area contributed by atoms with E-state index in [1.807, 2.05) is 29.5 Å². The number of anilines is 3. The molecule has 0 unspecified atom stereocenters. The van der Waals surface area contributed by atoms with Gasteiger partial charge in [-0.2, -0.15) is 13.2 Å². The van der Waals surface area contributed by atoms with Gasteiger partial charge in [0.1, 0.15) is 6.17 Å². The van der Waals surface area contributed by atoms with Crippen molar-refractivity contribution in [2.75, 3.05) is 28.6 Å². The van der Waals surface area contributed by atoms with E-state index < -0.39 is 24.0 Å². The Kier molecular flexibility index (Phi) is 6.15. The number of aryl methyl sites for hydroxylation is 2. The third-order valence-corrected chi connectivity index (χ3v) is 5.75. The molecule has 1 aliphatic heterocycles. The van der Waals surface area contributed by atoms with Crippen LogP contribution in [0.15, 0.2) is 37.2 Å². The van der Waals surface area contributed by atoms with Crippen LogP contribution in [0.3, 0.4) is 0 Å². The number of alkyl halides is 4. The summed E-state index contributed by atoms with van der Waals surface area (Å²) in [5, 5.41) is 5.56. The molecule has 0 radical (unpaired) electrons. The molecule has 8 nitrogen and oxygen atoms in total. The quantitative estimate of drug-likeness (QED) is 0.429. The van der Waals surface area contributed by atoms with Gasteiger partial charge in [0, 0.05) is 38.2 Å². The molecule has 180 valence electrons. The lowest BCUT2D eigenvalue weighted by atomic mass is 10.0. The molecule has 2 N–H and O–H groups in total. The lowest BCUT2D eigenvalue weighted by Crippen LogP contribution is -2.49. The molecule has 1 aromatic carbocycles. The Morgan fingerprint density at radius 2 is 1.97 bits per heavy atom. The minimum Gasteiger partial charge on any atom is -0.347 e. The lowest BCUT2D eigenvalue weighted by molar-refractivity contribution is -0.138. The third kappa shape index (κ3) is 4.66. The van der Waals surface area contributed by atoms with Gasteiger partial charge in [-0.25, -0.2) is 19.3 Å². The van der Waals surface area contributed by atoms with E-state index in [-0.39, 0.29) is 24.8 Å². The van der Waals surface area contributed by atoms with E-state index in [0.29, 0.717) is 36.1 Å². The van der Waals surface area contributed by atoms with E-state index in [0.717, 1.165) is 11.1 Å². The van der Waals surface area contributed by atoms with Crippen molar-refractivity contribution in [2.24, 2.45) is 7.05 Å². The third-order valence-electron chi connectivity index (χ3n) is 5.75. The average Bonchev–Trinajstić information content (AvgIpc) is 3.10. The summed E-state index contributed by atoms with van der Waals surface area (Å²) in [5.74, 6) is 0.197. The number of carbonyl (C=O) groups is 1. The molecular weight excluding hydrogens is 454 g/mol. The van der Waals surface area contributed by atoms with Gasteiger partial charge < -0.3 is 20.1 Å². The Hall–Kier alpha value is -3.70. The molecule has 1 saturated heterocycles. The number of nitrogens with zero attached hydrogens (tertiary/aromatic N) is 5. The van der Waals surface area contributed by atoms with E-state index in [4.69, 9.17) is 0 Å². The number of hydrogen-bond acceptors (Lipinski definition) is 6. The van der Waals surface area contributed by atoms with Gasteiger partial charge in [0.25, 0.3) is 0 Å². The summed E-state index contributed by atoms with van der Waals surface area (Å²) in [6, 6.07) is 2.93. The van der Waals surface area contributed by atoms with E-state index in [1.165, 1.54) is 6.08 Å². The van der Waals surface area contributed by atoms with Gasteiger partial charge in [-0.15, -0.1) is 0 Å². The molecule has 2 aromatic heterocycles. The second-order valence-corrected chi connectivity index (χ2v) is 8.11. The highest BCUT2D eigenvalue weighted by Gasteiger charge is 2.33. The first-order valence-electron chi connectivity index (χ1n) is 10.5. The minimum atomic E-state index is -4.55. The zero-order valence-corrected chi connectivity index (χ0v) is 18.5. The summed E-state index contributed by atoms with van der Waals surface area (Å²) >= 11 is 0. The van der Waals surface area contributed by atoms with E-state index in [9.17, 15) is 22.4 Å². The first-order chi connectivity index (χ1) is 16.1. The summed E-state index contributed by atoms with van der Waals surface area (Å²) in [4.78, 5) is 25.6. The van der Waals surface area contributed by atoms with Gasteiger partial charge in [-0.3, -0.25) is 4.79 Å². The Balaban J connectivity index is 1.56. The van der Waals surface area contributed by atoms with Gasteiger partial charge in [0.05, 0.1) is 22.6 Å². The van der Waals surface area contributed by atoms with Crippen molar-refractivity contribution in [3.63, 3.8) is 0 Å². The topological polar surface area (TPSA) is 88.0 Å². The van der Waals surface area contributed by atoms with Crippen molar-refractivity contribution in [3.8, 4) is 0 Å². The monoisotopic (exact) mass is 477 g/mol. The standard InChI is InChI=1S/C22H23F4N7O/c1-4-19(34)29-15-8-16-18(7-12(15)2)32(3)21(31-16)33-6-5-14(23)17(11-33)30-20-27-9-13(10-28-20)22(24,25)26/h4,7-10,14,17H,1,5-6,11H2,2-3H3,(H,29,34)(H,27,28,30)/t14-,17+/m1/s1. The Morgan fingerprint density at radius 1 is 1.26 bits per heavy atom. The number of nitrogens with one attached hydrogen (secondary N) is 2. The summed E-state index contributed by atoms with van der Waals surface area (Å²) in [6.07, 6.45) is -3.07. The van der Waals surface area contributed by atoms with Crippen LogP contribution in [0.2, 0.25) is 0 Å². The zero-order valence-electron chi connectivity index (χ0n) is 18.5.